The number of non-ortho nitro benzene ring substituents is 1. The van der Waals surface area contributed by atoms with Crippen LogP contribution in [0.5, 0.6) is 0 Å². The summed E-state index contributed by atoms with van der Waals surface area (Å²) in [5.41, 5.74) is 0.816. The van der Waals surface area contributed by atoms with Gasteiger partial charge in [-0.25, -0.2) is 13.2 Å². The van der Waals surface area contributed by atoms with E-state index < -0.39 is 31.5 Å². The third-order valence-electron chi connectivity index (χ3n) is 4.87. The average Bonchev–Trinajstić information content (AvgIpc) is 3.18. The monoisotopic (exact) mass is 500 g/mol. The number of esters is 1. The smallest absolute Gasteiger partial charge is 0.342 e. The first-order chi connectivity index (χ1) is 16.2. The van der Waals surface area contributed by atoms with Gasteiger partial charge in [-0.15, -0.1) is 0 Å². The van der Waals surface area contributed by atoms with E-state index in [4.69, 9.17) is 20.8 Å². The van der Waals surface area contributed by atoms with Gasteiger partial charge in [0.2, 0.25) is 0 Å². The maximum absolute atomic E-state index is 12.9. The zero-order valence-electron chi connectivity index (χ0n) is 17.6. The number of fused-ring (bicyclic) bond motifs is 1. The highest BCUT2D eigenvalue weighted by molar-refractivity contribution is 7.92. The maximum atomic E-state index is 12.9. The van der Waals surface area contributed by atoms with Gasteiger partial charge >= 0.3 is 5.97 Å². The number of ether oxygens (including phenoxy) is 1. The van der Waals surface area contributed by atoms with E-state index in [2.05, 4.69) is 4.72 Å². The molecule has 1 heterocycles. The molecule has 0 saturated carbocycles. The first kappa shape index (κ1) is 23.3. The van der Waals surface area contributed by atoms with Crippen LogP contribution in [0.2, 0.25) is 5.02 Å². The number of benzene rings is 3. The van der Waals surface area contributed by atoms with Crippen molar-refractivity contribution in [3.63, 3.8) is 0 Å². The van der Waals surface area contributed by atoms with Crippen molar-refractivity contribution in [1.82, 2.24) is 0 Å². The summed E-state index contributed by atoms with van der Waals surface area (Å²) in [6.45, 7) is 1.81. The number of hydrogen-bond donors (Lipinski definition) is 1. The summed E-state index contributed by atoms with van der Waals surface area (Å²) >= 11 is 6.00. The van der Waals surface area contributed by atoms with E-state index in [1.54, 1.807) is 31.2 Å². The lowest BCUT2D eigenvalue weighted by atomic mass is 10.1. The molecule has 0 amide bonds. The highest BCUT2D eigenvalue weighted by atomic mass is 35.5. The molecular weight excluding hydrogens is 484 g/mol. The van der Waals surface area contributed by atoms with Crippen LogP contribution in [-0.2, 0) is 14.8 Å². The predicted molar refractivity (Wildman–Crippen MR) is 127 cm³/mol. The zero-order chi connectivity index (χ0) is 24.5. The Kier molecular flexibility index (Phi) is 6.27. The number of carbonyl (C=O) groups is 1. The number of anilines is 1. The molecule has 0 unspecified atom stereocenters. The van der Waals surface area contributed by atoms with Gasteiger partial charge in [-0.2, -0.15) is 0 Å². The van der Waals surface area contributed by atoms with Gasteiger partial charge in [0, 0.05) is 28.8 Å². The number of nitrogens with zero attached hydrogens (tertiary/aromatic N) is 1. The van der Waals surface area contributed by atoms with Crippen LogP contribution in [0.3, 0.4) is 0 Å². The fraction of sp³-hybridized carbons (Fsp3) is 0.0870. The Hall–Kier alpha value is -3.89. The van der Waals surface area contributed by atoms with Gasteiger partial charge in [-0.3, -0.25) is 14.8 Å². The number of nitro groups is 1. The molecular formula is C23H17ClN2O7S. The topological polar surface area (TPSA) is 129 Å². The Bertz CT molecular complexity index is 1520. The first-order valence-corrected chi connectivity index (χ1v) is 11.8. The van der Waals surface area contributed by atoms with Crippen LogP contribution < -0.4 is 4.72 Å². The van der Waals surface area contributed by atoms with Crippen molar-refractivity contribution in [2.45, 2.75) is 11.8 Å². The number of nitrogens with one attached hydrogen (secondary N) is 1. The molecule has 1 N–H and O–H groups in total. The van der Waals surface area contributed by atoms with E-state index in [1.807, 2.05) is 6.07 Å². The van der Waals surface area contributed by atoms with Crippen molar-refractivity contribution >= 4 is 49.9 Å². The van der Waals surface area contributed by atoms with Crippen molar-refractivity contribution in [3.05, 3.63) is 87.4 Å². The molecule has 34 heavy (non-hydrogen) atoms. The van der Waals surface area contributed by atoms with E-state index >= 15 is 0 Å². The predicted octanol–water partition coefficient (Wildman–Crippen LogP) is 5.64. The second kappa shape index (κ2) is 9.16. The molecule has 0 spiro atoms. The number of hydrogen-bond acceptors (Lipinski definition) is 7. The molecule has 9 nitrogen and oxygen atoms in total. The molecule has 4 aromatic rings. The second-order valence-electron chi connectivity index (χ2n) is 7.08. The van der Waals surface area contributed by atoms with Gasteiger partial charge in [0.05, 0.1) is 16.6 Å². The maximum Gasteiger partial charge on any atom is 0.342 e. The standard InChI is InChI=1S/C23H17ClN2O7S/c1-2-32-23(27)21-17-12-15(8-11-19(17)33-22(21)14-6-4-3-5-7-14)25-34(30,31)20-13-16(26(28)29)9-10-18(20)24/h3-13,25H,2H2,1H3. The van der Waals surface area contributed by atoms with E-state index in [-0.39, 0.29) is 28.6 Å². The highest BCUT2D eigenvalue weighted by Crippen LogP contribution is 2.36. The summed E-state index contributed by atoms with van der Waals surface area (Å²) in [6.07, 6.45) is 0. The Morgan fingerprint density at radius 1 is 1.12 bits per heavy atom. The van der Waals surface area contributed by atoms with Crippen LogP contribution in [-0.4, -0.2) is 25.9 Å². The van der Waals surface area contributed by atoms with E-state index in [1.165, 1.54) is 18.2 Å². The molecule has 3 aromatic carbocycles. The Morgan fingerprint density at radius 3 is 2.53 bits per heavy atom. The average molecular weight is 501 g/mol. The fourth-order valence-corrected chi connectivity index (χ4v) is 4.95. The Balaban J connectivity index is 1.81. The van der Waals surface area contributed by atoms with Crippen molar-refractivity contribution in [2.75, 3.05) is 11.3 Å². The SMILES string of the molecule is CCOC(=O)c1c(-c2ccccc2)oc2ccc(NS(=O)(=O)c3cc([N+](=O)[O-])ccc3Cl)cc12. The molecule has 0 saturated heterocycles. The molecule has 0 radical (unpaired) electrons. The van der Waals surface area contributed by atoms with Crippen LogP contribution in [0.1, 0.15) is 17.3 Å². The Labute approximate surface area is 199 Å². The molecule has 0 fully saturated rings. The van der Waals surface area contributed by atoms with Crippen LogP contribution in [0.4, 0.5) is 11.4 Å². The van der Waals surface area contributed by atoms with Crippen molar-refractivity contribution in [1.29, 1.82) is 0 Å². The lowest BCUT2D eigenvalue weighted by molar-refractivity contribution is -0.385. The highest BCUT2D eigenvalue weighted by Gasteiger charge is 2.25. The molecule has 0 bridgehead atoms. The largest absolute Gasteiger partial charge is 0.462 e. The lowest BCUT2D eigenvalue weighted by Gasteiger charge is -2.10. The fourth-order valence-electron chi connectivity index (χ4n) is 3.38. The minimum Gasteiger partial charge on any atom is -0.462 e. The van der Waals surface area contributed by atoms with E-state index in [0.29, 0.717) is 16.5 Å². The lowest BCUT2D eigenvalue weighted by Crippen LogP contribution is -2.14. The number of sulfonamides is 1. The summed E-state index contributed by atoms with van der Waals surface area (Å²) in [6, 6.07) is 16.5. The first-order valence-electron chi connectivity index (χ1n) is 9.97. The van der Waals surface area contributed by atoms with Gasteiger partial charge in [0.1, 0.15) is 21.8 Å². The van der Waals surface area contributed by atoms with Gasteiger partial charge in [0.25, 0.3) is 15.7 Å². The molecule has 174 valence electrons. The normalized spacial score (nSPS) is 11.4. The van der Waals surface area contributed by atoms with Crippen LogP contribution in [0.15, 0.2) is 76.0 Å². The summed E-state index contributed by atoms with van der Waals surface area (Å²) in [7, 11) is -4.29. The van der Waals surface area contributed by atoms with Crippen LogP contribution in [0, 0.1) is 10.1 Å². The molecule has 0 aliphatic heterocycles. The van der Waals surface area contributed by atoms with Gasteiger partial charge in [0.15, 0.2) is 0 Å². The van der Waals surface area contributed by atoms with Crippen molar-refractivity contribution in [2.24, 2.45) is 0 Å². The molecule has 11 heteroatoms. The zero-order valence-corrected chi connectivity index (χ0v) is 19.2. The third kappa shape index (κ3) is 4.45. The summed E-state index contributed by atoms with van der Waals surface area (Å²) < 4.78 is 39.4. The van der Waals surface area contributed by atoms with E-state index in [9.17, 15) is 23.3 Å². The number of carbonyl (C=O) groups excluding carboxylic acids is 1. The third-order valence-corrected chi connectivity index (χ3v) is 6.73. The van der Waals surface area contributed by atoms with Gasteiger partial charge in [-0.05, 0) is 31.2 Å². The van der Waals surface area contributed by atoms with Crippen molar-refractivity contribution in [3.8, 4) is 11.3 Å². The molecule has 4 rings (SSSR count). The summed E-state index contributed by atoms with van der Waals surface area (Å²) in [5, 5.41) is 11.2. The van der Waals surface area contributed by atoms with Crippen LogP contribution >= 0.6 is 11.6 Å². The van der Waals surface area contributed by atoms with Crippen LogP contribution in [0.25, 0.3) is 22.3 Å². The summed E-state index contributed by atoms with van der Waals surface area (Å²) in [4.78, 5) is 22.7. The van der Waals surface area contributed by atoms with Gasteiger partial charge in [-0.1, -0.05) is 41.9 Å². The molecule has 1 aromatic heterocycles. The Morgan fingerprint density at radius 2 is 1.85 bits per heavy atom. The molecule has 0 atom stereocenters. The number of furan rings is 1. The minimum atomic E-state index is -4.29. The van der Waals surface area contributed by atoms with Crippen molar-refractivity contribution < 1.29 is 27.3 Å². The minimum absolute atomic E-state index is 0.0982. The molecule has 0 aliphatic carbocycles. The van der Waals surface area contributed by atoms with E-state index in [0.717, 1.165) is 18.2 Å². The number of nitro benzene ring substituents is 1. The van der Waals surface area contributed by atoms with Gasteiger partial charge < -0.3 is 9.15 Å². The quantitative estimate of drug-likeness (QED) is 0.197. The number of halogens is 1. The molecule has 0 aliphatic rings. The second-order valence-corrected chi connectivity index (χ2v) is 9.14. The summed E-state index contributed by atoms with van der Waals surface area (Å²) in [5.74, 6) is -0.336. The number of rotatable bonds is 7.